The Hall–Kier alpha value is -5.08. The predicted molar refractivity (Wildman–Crippen MR) is 203 cm³/mol. The maximum atomic E-state index is 2.77. The molecule has 0 fully saturated rings. The minimum absolute atomic E-state index is 0.0885. The van der Waals surface area contributed by atoms with E-state index < -0.39 is 0 Å². The van der Waals surface area contributed by atoms with Crippen LogP contribution in [-0.2, 0) is 17.3 Å². The van der Waals surface area contributed by atoms with Crippen LogP contribution in [0.15, 0.2) is 127 Å². The minimum Gasteiger partial charge on any atom is -0.375 e. The van der Waals surface area contributed by atoms with E-state index in [1.165, 1.54) is 94.3 Å². The highest BCUT2D eigenvalue weighted by molar-refractivity contribution is 6.88. The van der Waals surface area contributed by atoms with Gasteiger partial charge in [-0.25, -0.2) is 0 Å². The Balaban J connectivity index is 1.34. The van der Waals surface area contributed by atoms with Crippen molar-refractivity contribution in [1.82, 2.24) is 4.48 Å². The summed E-state index contributed by atoms with van der Waals surface area (Å²) in [4.78, 5) is 0. The largest absolute Gasteiger partial charge is 0.375 e. The number of aryl methyl sites for hydroxylation is 1. The standard InChI is InChI=1S/C46H38BN/c1-28-15-9-11-21-37(28)45(2,3)39-23-14-24-40-36(39)27-31-25-30(29-16-7-6-8-17-29)26-35-32-19-13-20-34-41-44(48(43(32)34)47(40)42(31)35)33-18-10-12-22-38(33)46(41,4)5/h6-26H,27H2,1-5H3. The lowest BCUT2D eigenvalue weighted by Crippen LogP contribution is -2.57. The number of fused-ring (bicyclic) bond motifs is 9. The molecule has 3 heterocycles. The Morgan fingerprint density at radius 1 is 0.667 bits per heavy atom. The van der Waals surface area contributed by atoms with Gasteiger partial charge in [0.05, 0.1) is 0 Å². The average Bonchev–Trinajstić information content (AvgIpc) is 3.57. The molecule has 0 N–H and O–H groups in total. The molecule has 0 saturated carbocycles. The van der Waals surface area contributed by atoms with Gasteiger partial charge in [0.15, 0.2) is 0 Å². The van der Waals surface area contributed by atoms with Crippen LogP contribution in [0.5, 0.6) is 0 Å². The summed E-state index contributed by atoms with van der Waals surface area (Å²) >= 11 is 0. The van der Waals surface area contributed by atoms with E-state index in [1.807, 2.05) is 0 Å². The molecule has 230 valence electrons. The van der Waals surface area contributed by atoms with Crippen molar-refractivity contribution < 1.29 is 0 Å². The van der Waals surface area contributed by atoms with Crippen LogP contribution in [0.4, 0.5) is 0 Å². The molecule has 0 radical (unpaired) electrons. The fraction of sp³-hybridized carbons (Fsp3) is 0.174. The normalized spacial score (nSPS) is 14.8. The molecule has 3 aliphatic rings. The first-order valence-corrected chi connectivity index (χ1v) is 17.4. The Morgan fingerprint density at radius 2 is 1.38 bits per heavy atom. The third kappa shape index (κ3) is 3.48. The van der Waals surface area contributed by atoms with Gasteiger partial charge in [-0.3, -0.25) is 0 Å². The lowest BCUT2D eigenvalue weighted by Gasteiger charge is -2.38. The molecule has 2 heteroatoms. The molecule has 0 spiro atoms. The lowest BCUT2D eigenvalue weighted by molar-refractivity contribution is 0.629. The molecule has 10 rings (SSSR count). The number of nitrogens with zero attached hydrogens (tertiary/aromatic N) is 1. The highest BCUT2D eigenvalue weighted by atomic mass is 15.0. The quantitative estimate of drug-likeness (QED) is 0.174. The number of hydrogen-bond acceptors (Lipinski definition) is 0. The maximum Gasteiger partial charge on any atom is 0.329 e. The van der Waals surface area contributed by atoms with Crippen molar-refractivity contribution >= 4 is 28.7 Å². The molecular weight excluding hydrogens is 577 g/mol. The van der Waals surface area contributed by atoms with Gasteiger partial charge in [0, 0.05) is 38.6 Å². The van der Waals surface area contributed by atoms with Crippen LogP contribution in [0.3, 0.4) is 0 Å². The van der Waals surface area contributed by atoms with E-state index in [9.17, 15) is 0 Å². The van der Waals surface area contributed by atoms with Gasteiger partial charge in [0.2, 0.25) is 0 Å². The average molecular weight is 616 g/mol. The molecule has 1 nitrogen and oxygen atoms in total. The number of benzene rings is 6. The van der Waals surface area contributed by atoms with Gasteiger partial charge in [0.1, 0.15) is 0 Å². The van der Waals surface area contributed by atoms with Crippen LogP contribution in [0.1, 0.15) is 66.6 Å². The van der Waals surface area contributed by atoms with E-state index in [0.29, 0.717) is 0 Å². The molecule has 0 saturated heterocycles. The molecule has 0 bridgehead atoms. The fourth-order valence-electron chi connectivity index (χ4n) is 9.99. The minimum atomic E-state index is -0.150. The van der Waals surface area contributed by atoms with Crippen LogP contribution < -0.4 is 10.9 Å². The summed E-state index contributed by atoms with van der Waals surface area (Å²) in [7, 11) is 0. The van der Waals surface area contributed by atoms with Crippen molar-refractivity contribution in [3.63, 3.8) is 0 Å². The molecule has 6 aromatic carbocycles. The predicted octanol–water partition coefficient (Wildman–Crippen LogP) is 9.79. The summed E-state index contributed by atoms with van der Waals surface area (Å²) < 4.78 is 2.77. The molecule has 7 aromatic rings. The molecule has 1 aliphatic carbocycles. The van der Waals surface area contributed by atoms with E-state index in [4.69, 9.17) is 0 Å². The Kier molecular flexibility index (Phi) is 5.54. The van der Waals surface area contributed by atoms with Gasteiger partial charge in [-0.15, -0.1) is 0 Å². The molecule has 0 unspecified atom stereocenters. The van der Waals surface area contributed by atoms with E-state index in [-0.39, 0.29) is 17.7 Å². The molecular formula is C46H38BN. The van der Waals surface area contributed by atoms with E-state index in [1.54, 1.807) is 0 Å². The Labute approximate surface area is 284 Å². The first-order chi connectivity index (χ1) is 23.3. The van der Waals surface area contributed by atoms with Gasteiger partial charge < -0.3 is 4.48 Å². The number of hydrogen-bond donors (Lipinski definition) is 0. The van der Waals surface area contributed by atoms with Crippen molar-refractivity contribution in [2.75, 3.05) is 0 Å². The van der Waals surface area contributed by atoms with Crippen LogP contribution in [0, 0.1) is 6.92 Å². The SMILES string of the molecule is Cc1ccccc1C(C)(C)c1cccc2c1Cc1cc(-c3ccccc3)cc3c1B2n1c2c(c4cccc-3c41)C(C)(C)c1ccccc1-2. The smallest absolute Gasteiger partial charge is 0.329 e. The van der Waals surface area contributed by atoms with Crippen molar-refractivity contribution in [2.24, 2.45) is 0 Å². The zero-order valence-electron chi connectivity index (χ0n) is 28.4. The Bertz CT molecular complexity index is 2490. The van der Waals surface area contributed by atoms with Crippen LogP contribution in [-0.4, -0.2) is 11.3 Å². The highest BCUT2D eigenvalue weighted by Crippen LogP contribution is 2.55. The zero-order valence-corrected chi connectivity index (χ0v) is 28.4. The summed E-state index contributed by atoms with van der Waals surface area (Å²) in [5.74, 6) is 0. The second-order valence-corrected chi connectivity index (χ2v) is 15.3. The van der Waals surface area contributed by atoms with Gasteiger partial charge in [-0.2, -0.15) is 0 Å². The Morgan fingerprint density at radius 3 is 2.21 bits per heavy atom. The molecule has 0 amide bonds. The van der Waals surface area contributed by atoms with E-state index in [0.717, 1.165) is 6.42 Å². The first kappa shape index (κ1) is 28.0. The monoisotopic (exact) mass is 615 g/mol. The van der Waals surface area contributed by atoms with Crippen molar-refractivity contribution in [3.8, 4) is 33.5 Å². The zero-order chi connectivity index (χ0) is 32.5. The van der Waals surface area contributed by atoms with E-state index in [2.05, 4.69) is 166 Å². The summed E-state index contributed by atoms with van der Waals surface area (Å²) in [6, 6.07) is 48.3. The maximum absolute atomic E-state index is 2.77. The van der Waals surface area contributed by atoms with Crippen molar-refractivity contribution in [3.05, 3.63) is 166 Å². The van der Waals surface area contributed by atoms with Crippen molar-refractivity contribution in [1.29, 1.82) is 0 Å². The van der Waals surface area contributed by atoms with Crippen LogP contribution in [0.25, 0.3) is 44.4 Å². The summed E-state index contributed by atoms with van der Waals surface area (Å²) in [6.07, 6.45) is 0.928. The van der Waals surface area contributed by atoms with Crippen LogP contribution >= 0.6 is 0 Å². The third-order valence-corrected chi connectivity index (χ3v) is 12.1. The van der Waals surface area contributed by atoms with Gasteiger partial charge in [-0.1, -0.05) is 149 Å². The molecule has 2 aliphatic heterocycles. The van der Waals surface area contributed by atoms with Gasteiger partial charge in [0.25, 0.3) is 0 Å². The summed E-state index contributed by atoms with van der Waals surface area (Å²) in [6.45, 7) is 12.1. The second-order valence-electron chi connectivity index (χ2n) is 15.3. The summed E-state index contributed by atoms with van der Waals surface area (Å²) in [5, 5.41) is 1.39. The topological polar surface area (TPSA) is 4.93 Å². The van der Waals surface area contributed by atoms with Crippen LogP contribution in [0.2, 0.25) is 0 Å². The first-order valence-electron chi connectivity index (χ1n) is 17.4. The molecule has 0 atom stereocenters. The molecule has 48 heavy (non-hydrogen) atoms. The highest BCUT2D eigenvalue weighted by Gasteiger charge is 2.47. The fourth-order valence-corrected chi connectivity index (χ4v) is 9.99. The number of aromatic nitrogens is 1. The van der Waals surface area contributed by atoms with Gasteiger partial charge in [-0.05, 0) is 86.0 Å². The van der Waals surface area contributed by atoms with E-state index >= 15 is 0 Å². The third-order valence-electron chi connectivity index (χ3n) is 12.1. The second kappa shape index (κ2) is 9.51. The van der Waals surface area contributed by atoms with Gasteiger partial charge >= 0.3 is 6.85 Å². The van der Waals surface area contributed by atoms with Crippen molar-refractivity contribution in [2.45, 2.75) is 51.9 Å². The number of rotatable bonds is 3. The number of para-hydroxylation sites is 1. The summed E-state index contributed by atoms with van der Waals surface area (Å²) in [5.41, 5.74) is 22.2. The lowest BCUT2D eigenvalue weighted by atomic mass is 9.42. The molecule has 1 aromatic heterocycles.